The number of nitro groups is 1. The maximum Gasteiger partial charge on any atom is 1.00 e. The van der Waals surface area contributed by atoms with Gasteiger partial charge in [-0.3, -0.25) is 10.1 Å². The van der Waals surface area contributed by atoms with E-state index in [2.05, 4.69) is 4.74 Å². The molecule has 0 aromatic heterocycles. The molecule has 86 valence electrons. The number of rotatable bonds is 4. The summed E-state index contributed by atoms with van der Waals surface area (Å²) in [7, 11) is 0. The Bertz CT molecular complexity index is 437. The van der Waals surface area contributed by atoms with E-state index in [0.29, 0.717) is 12.2 Å². The summed E-state index contributed by atoms with van der Waals surface area (Å²) in [4.78, 5) is 21.0. The van der Waals surface area contributed by atoms with E-state index in [4.69, 9.17) is 0 Å². The monoisotopic (exact) mass is 245 g/mol. The molecule has 0 amide bonds. The van der Waals surface area contributed by atoms with Crippen molar-refractivity contribution in [1.29, 1.82) is 0 Å². The Morgan fingerprint density at radius 2 is 2.29 bits per heavy atom. The Morgan fingerprint density at radius 3 is 2.88 bits per heavy atom. The summed E-state index contributed by atoms with van der Waals surface area (Å²) in [5, 5.41) is 10.5. The van der Waals surface area contributed by atoms with E-state index in [0.717, 1.165) is 0 Å². The fourth-order valence-electron chi connectivity index (χ4n) is 1.10. The van der Waals surface area contributed by atoms with E-state index < -0.39 is 10.9 Å². The van der Waals surface area contributed by atoms with Gasteiger partial charge < -0.3 is 6.16 Å². The topological polar surface area (TPSA) is 69.4 Å². The number of ether oxygens (including phenoxy) is 1. The van der Waals surface area contributed by atoms with Gasteiger partial charge in [0, 0.05) is 18.2 Å². The van der Waals surface area contributed by atoms with Crippen LogP contribution in [0.4, 0.5) is 5.69 Å². The molecule has 1 aromatic carbocycles. The molecule has 0 unspecified atom stereocenters. The molecule has 0 bridgehead atoms. The molecule has 1 rings (SSSR count). The molecule has 0 fully saturated rings. The van der Waals surface area contributed by atoms with E-state index >= 15 is 0 Å². The van der Waals surface area contributed by atoms with Crippen LogP contribution in [0.3, 0.4) is 0 Å². The average molecular weight is 245 g/mol. The second-order valence-corrected chi connectivity index (χ2v) is 2.94. The van der Waals surface area contributed by atoms with Crippen LogP contribution < -0.4 is 29.6 Å². The maximum absolute atomic E-state index is 11.0. The minimum atomic E-state index is -0.484. The number of hydrogen-bond donors (Lipinski definition) is 0. The second-order valence-electron chi connectivity index (χ2n) is 2.94. The Labute approximate surface area is 122 Å². The normalized spacial score (nSPS) is 9.71. The number of esters is 1. The Kier molecular flexibility index (Phi) is 7.45. The van der Waals surface area contributed by atoms with Crippen molar-refractivity contribution in [3.63, 3.8) is 0 Å². The van der Waals surface area contributed by atoms with Crippen molar-refractivity contribution in [3.05, 3.63) is 46.0 Å². The third kappa shape index (κ3) is 5.63. The van der Waals surface area contributed by atoms with Gasteiger partial charge in [0.05, 0.1) is 11.5 Å². The molecule has 0 heterocycles. The van der Waals surface area contributed by atoms with E-state index in [9.17, 15) is 14.9 Å². The van der Waals surface area contributed by atoms with Gasteiger partial charge in [0.15, 0.2) is 0 Å². The van der Waals surface area contributed by atoms with Crippen molar-refractivity contribution in [3.8, 4) is 0 Å². The molecule has 0 aliphatic rings. The van der Waals surface area contributed by atoms with Gasteiger partial charge in [0.2, 0.25) is 0 Å². The Balaban J connectivity index is 0. The van der Waals surface area contributed by atoms with Crippen molar-refractivity contribution in [2.75, 3.05) is 6.61 Å². The van der Waals surface area contributed by atoms with Crippen LogP contribution in [-0.4, -0.2) is 17.5 Å². The van der Waals surface area contributed by atoms with Crippen LogP contribution in [0.1, 0.15) is 13.9 Å². The minimum Gasteiger partial charge on any atom is -1.00 e. The standard InChI is InChI=1S/C11H11NO4.Na.H/c1-2-16-11(13)7-6-9-4-3-5-10(8-9)12(14)15;;/h3-8H,2H2,1H3;;/q;+1;-1/b7-6+;;. The van der Waals surface area contributed by atoms with Crippen molar-refractivity contribution in [2.45, 2.75) is 6.92 Å². The van der Waals surface area contributed by atoms with Crippen LogP contribution in [0.15, 0.2) is 30.3 Å². The zero-order valence-corrected chi connectivity index (χ0v) is 11.8. The molecule has 0 saturated carbocycles. The van der Waals surface area contributed by atoms with Crippen LogP contribution >= 0.6 is 0 Å². The number of hydrogen-bond acceptors (Lipinski definition) is 4. The summed E-state index contributed by atoms with van der Waals surface area (Å²) in [5.74, 6) is -0.464. The number of non-ortho nitro benzene ring substituents is 1. The molecular weight excluding hydrogens is 233 g/mol. The molecule has 6 heteroatoms. The van der Waals surface area contributed by atoms with Gasteiger partial charge >= 0.3 is 35.5 Å². The summed E-state index contributed by atoms with van der Waals surface area (Å²) in [6.07, 6.45) is 2.72. The van der Waals surface area contributed by atoms with Gasteiger partial charge in [-0.1, -0.05) is 12.1 Å². The molecule has 0 saturated heterocycles. The first-order valence-electron chi connectivity index (χ1n) is 4.72. The Hall–Kier alpha value is -1.17. The van der Waals surface area contributed by atoms with Crippen molar-refractivity contribution >= 4 is 17.7 Å². The van der Waals surface area contributed by atoms with Crippen LogP contribution in [0.25, 0.3) is 6.08 Å². The minimum absolute atomic E-state index is 0. The van der Waals surface area contributed by atoms with Crippen molar-refractivity contribution in [2.24, 2.45) is 0 Å². The molecule has 0 spiro atoms. The number of carbonyl (C=O) groups is 1. The van der Waals surface area contributed by atoms with Crippen LogP contribution in [-0.2, 0) is 9.53 Å². The van der Waals surface area contributed by atoms with Crippen LogP contribution in [0.2, 0.25) is 0 Å². The van der Waals surface area contributed by atoms with Gasteiger partial charge in [0.25, 0.3) is 5.69 Å². The van der Waals surface area contributed by atoms with Gasteiger partial charge in [-0.2, -0.15) is 0 Å². The third-order valence-corrected chi connectivity index (χ3v) is 1.78. The van der Waals surface area contributed by atoms with E-state index in [1.54, 1.807) is 19.1 Å². The zero-order chi connectivity index (χ0) is 12.0. The molecule has 0 radical (unpaired) electrons. The van der Waals surface area contributed by atoms with Gasteiger partial charge in [-0.15, -0.1) is 0 Å². The smallest absolute Gasteiger partial charge is 1.00 e. The molecule has 0 atom stereocenters. The molecule has 0 N–H and O–H groups in total. The quantitative estimate of drug-likeness (QED) is 0.231. The summed E-state index contributed by atoms with van der Waals surface area (Å²) >= 11 is 0. The zero-order valence-electron chi connectivity index (χ0n) is 10.8. The fourth-order valence-corrected chi connectivity index (χ4v) is 1.10. The molecule has 17 heavy (non-hydrogen) atoms. The van der Waals surface area contributed by atoms with Gasteiger partial charge in [0.1, 0.15) is 0 Å². The predicted molar refractivity (Wildman–Crippen MR) is 59.9 cm³/mol. The SMILES string of the molecule is CCOC(=O)/C=C/c1cccc([N+](=O)[O-])c1.[H-].[Na+]. The first kappa shape index (κ1) is 15.8. The summed E-state index contributed by atoms with van der Waals surface area (Å²) in [6, 6.07) is 6.00. The summed E-state index contributed by atoms with van der Waals surface area (Å²) in [5.41, 5.74) is 0.577. The maximum atomic E-state index is 11.0. The summed E-state index contributed by atoms with van der Waals surface area (Å²) < 4.78 is 4.68. The second kappa shape index (κ2) is 8.00. The summed E-state index contributed by atoms with van der Waals surface area (Å²) in [6.45, 7) is 2.01. The van der Waals surface area contributed by atoms with Crippen molar-refractivity contribution in [1.82, 2.24) is 0 Å². The van der Waals surface area contributed by atoms with E-state index in [1.807, 2.05) is 0 Å². The largest absolute Gasteiger partial charge is 1.00 e. The van der Waals surface area contributed by atoms with E-state index in [-0.39, 0.29) is 36.7 Å². The Morgan fingerprint density at radius 1 is 1.59 bits per heavy atom. The molecular formula is C11H12NNaO4. The van der Waals surface area contributed by atoms with Gasteiger partial charge in [-0.05, 0) is 18.6 Å². The van der Waals surface area contributed by atoms with Crippen LogP contribution in [0.5, 0.6) is 0 Å². The first-order chi connectivity index (χ1) is 7.63. The van der Waals surface area contributed by atoms with E-state index in [1.165, 1.54) is 24.3 Å². The third-order valence-electron chi connectivity index (χ3n) is 1.78. The number of nitrogens with zero attached hydrogens (tertiary/aromatic N) is 1. The van der Waals surface area contributed by atoms with Crippen molar-refractivity contribution < 1.29 is 45.4 Å². The predicted octanol–water partition coefficient (Wildman–Crippen LogP) is -0.712. The van der Waals surface area contributed by atoms with Crippen LogP contribution in [0, 0.1) is 10.1 Å². The number of benzene rings is 1. The average Bonchev–Trinajstić information content (AvgIpc) is 2.27. The number of nitro benzene ring substituents is 1. The molecule has 0 aliphatic carbocycles. The molecule has 5 nitrogen and oxygen atoms in total. The fraction of sp³-hybridized carbons (Fsp3) is 0.182. The molecule has 0 aliphatic heterocycles. The first-order valence-corrected chi connectivity index (χ1v) is 4.72. The number of carbonyl (C=O) groups excluding carboxylic acids is 1. The van der Waals surface area contributed by atoms with Gasteiger partial charge in [-0.25, -0.2) is 4.79 Å². The molecule has 1 aromatic rings.